The molecular formula is C21H25NO7. The number of rotatable bonds is 8. The SMILES string of the molecule is Cc1cc(C)cc(-c2c(O)cc(C(C)(C)C(=O)OCCCO[N+](=O)[O-])cc2O)c1. The van der Waals surface area contributed by atoms with Gasteiger partial charge in [0.15, 0.2) is 0 Å². The number of esters is 1. The minimum Gasteiger partial charge on any atom is -0.507 e. The fourth-order valence-corrected chi connectivity index (χ4v) is 3.05. The first kappa shape index (κ1) is 22.0. The van der Waals surface area contributed by atoms with Crippen molar-refractivity contribution in [3.63, 3.8) is 0 Å². The molecule has 0 spiro atoms. The molecule has 0 unspecified atom stereocenters. The molecular weight excluding hydrogens is 378 g/mol. The van der Waals surface area contributed by atoms with Crippen LogP contribution in [0.3, 0.4) is 0 Å². The van der Waals surface area contributed by atoms with E-state index in [1.54, 1.807) is 13.8 Å². The highest BCUT2D eigenvalue weighted by molar-refractivity contribution is 5.85. The molecule has 0 bridgehead atoms. The number of phenols is 2. The minimum absolute atomic E-state index is 0.0469. The third-order valence-electron chi connectivity index (χ3n) is 4.56. The van der Waals surface area contributed by atoms with Crippen LogP contribution in [0.5, 0.6) is 11.5 Å². The molecule has 0 atom stereocenters. The van der Waals surface area contributed by atoms with E-state index in [9.17, 15) is 25.1 Å². The number of aromatic hydroxyl groups is 2. The molecule has 0 aliphatic heterocycles. The Morgan fingerprint density at radius 1 is 1.03 bits per heavy atom. The number of benzene rings is 2. The zero-order valence-electron chi connectivity index (χ0n) is 16.9. The quantitative estimate of drug-likeness (QED) is 0.298. The van der Waals surface area contributed by atoms with Gasteiger partial charge in [-0.15, -0.1) is 10.1 Å². The van der Waals surface area contributed by atoms with Crippen molar-refractivity contribution >= 4 is 5.97 Å². The zero-order chi connectivity index (χ0) is 21.8. The van der Waals surface area contributed by atoms with Crippen LogP contribution >= 0.6 is 0 Å². The highest BCUT2D eigenvalue weighted by Crippen LogP contribution is 2.41. The van der Waals surface area contributed by atoms with Crippen molar-refractivity contribution in [3.8, 4) is 22.6 Å². The largest absolute Gasteiger partial charge is 0.507 e. The summed E-state index contributed by atoms with van der Waals surface area (Å²) in [4.78, 5) is 26.7. The Balaban J connectivity index is 2.21. The molecule has 0 aliphatic rings. The maximum atomic E-state index is 12.5. The highest BCUT2D eigenvalue weighted by Gasteiger charge is 2.33. The van der Waals surface area contributed by atoms with E-state index in [1.165, 1.54) is 12.1 Å². The first-order chi connectivity index (χ1) is 13.5. The smallest absolute Gasteiger partial charge is 0.315 e. The Bertz CT molecular complexity index is 878. The molecule has 2 aromatic carbocycles. The molecule has 29 heavy (non-hydrogen) atoms. The predicted octanol–water partition coefficient (Wildman–Crippen LogP) is 3.80. The molecule has 0 aromatic heterocycles. The van der Waals surface area contributed by atoms with E-state index in [4.69, 9.17) is 4.74 Å². The summed E-state index contributed by atoms with van der Waals surface area (Å²) in [6.45, 7) is 6.84. The van der Waals surface area contributed by atoms with E-state index in [-0.39, 0.29) is 31.1 Å². The molecule has 0 saturated heterocycles. The molecule has 0 heterocycles. The van der Waals surface area contributed by atoms with Crippen LogP contribution in [0.2, 0.25) is 0 Å². The molecule has 0 amide bonds. The lowest BCUT2D eigenvalue weighted by Gasteiger charge is -2.24. The number of nitrogens with zero attached hydrogens (tertiary/aromatic N) is 1. The van der Waals surface area contributed by atoms with Crippen LogP contribution in [0.4, 0.5) is 0 Å². The lowest BCUT2D eigenvalue weighted by atomic mass is 9.83. The molecule has 0 radical (unpaired) electrons. The van der Waals surface area contributed by atoms with E-state index >= 15 is 0 Å². The monoisotopic (exact) mass is 403 g/mol. The number of aryl methyl sites for hydroxylation is 2. The van der Waals surface area contributed by atoms with Gasteiger partial charge < -0.3 is 19.8 Å². The van der Waals surface area contributed by atoms with Gasteiger partial charge in [0, 0.05) is 6.42 Å². The van der Waals surface area contributed by atoms with Gasteiger partial charge in [-0.1, -0.05) is 29.3 Å². The van der Waals surface area contributed by atoms with Crippen molar-refractivity contribution in [2.24, 2.45) is 0 Å². The van der Waals surface area contributed by atoms with Crippen LogP contribution in [0.1, 0.15) is 37.0 Å². The van der Waals surface area contributed by atoms with E-state index in [1.807, 2.05) is 32.0 Å². The minimum atomic E-state index is -1.15. The molecule has 8 nitrogen and oxygen atoms in total. The average molecular weight is 403 g/mol. The van der Waals surface area contributed by atoms with Crippen LogP contribution < -0.4 is 0 Å². The second kappa shape index (κ2) is 8.81. The summed E-state index contributed by atoms with van der Waals surface area (Å²) in [5.74, 6) is -0.882. The van der Waals surface area contributed by atoms with Crippen molar-refractivity contribution in [2.75, 3.05) is 13.2 Å². The Labute approximate surface area is 168 Å². The Morgan fingerprint density at radius 3 is 2.10 bits per heavy atom. The first-order valence-corrected chi connectivity index (χ1v) is 9.12. The summed E-state index contributed by atoms with van der Waals surface area (Å²) in [5.41, 5.74) is 2.18. The Morgan fingerprint density at radius 2 is 1.59 bits per heavy atom. The molecule has 8 heteroatoms. The number of hydrogen-bond acceptors (Lipinski definition) is 7. The van der Waals surface area contributed by atoms with Gasteiger partial charge in [0.25, 0.3) is 5.09 Å². The molecule has 0 aliphatic carbocycles. The molecule has 0 saturated carbocycles. The topological polar surface area (TPSA) is 119 Å². The average Bonchev–Trinajstić information content (AvgIpc) is 2.59. The van der Waals surface area contributed by atoms with Gasteiger partial charge in [0.1, 0.15) is 11.5 Å². The summed E-state index contributed by atoms with van der Waals surface area (Å²) < 4.78 is 5.16. The second-order valence-corrected chi connectivity index (χ2v) is 7.44. The van der Waals surface area contributed by atoms with E-state index in [0.29, 0.717) is 16.7 Å². The summed E-state index contributed by atoms with van der Waals surface area (Å²) in [7, 11) is 0. The Kier molecular flexibility index (Phi) is 6.68. The summed E-state index contributed by atoms with van der Waals surface area (Å²) in [6.07, 6.45) is 0.172. The zero-order valence-corrected chi connectivity index (χ0v) is 16.9. The molecule has 0 fully saturated rings. The summed E-state index contributed by atoms with van der Waals surface area (Å²) in [6, 6.07) is 8.57. The summed E-state index contributed by atoms with van der Waals surface area (Å²) >= 11 is 0. The van der Waals surface area contributed by atoms with Gasteiger partial charge in [-0.3, -0.25) is 4.79 Å². The molecule has 2 N–H and O–H groups in total. The fraction of sp³-hybridized carbons (Fsp3) is 0.381. The van der Waals surface area contributed by atoms with Gasteiger partial charge >= 0.3 is 5.97 Å². The van der Waals surface area contributed by atoms with Gasteiger partial charge in [-0.2, -0.15) is 0 Å². The van der Waals surface area contributed by atoms with Crippen LogP contribution in [0.25, 0.3) is 11.1 Å². The van der Waals surface area contributed by atoms with Crippen LogP contribution in [-0.4, -0.2) is 34.5 Å². The number of ether oxygens (including phenoxy) is 1. The van der Waals surface area contributed by atoms with Crippen molar-refractivity contribution in [3.05, 3.63) is 57.1 Å². The van der Waals surface area contributed by atoms with Crippen LogP contribution in [0.15, 0.2) is 30.3 Å². The third kappa shape index (κ3) is 5.37. The predicted molar refractivity (Wildman–Crippen MR) is 106 cm³/mol. The van der Waals surface area contributed by atoms with Crippen LogP contribution in [0, 0.1) is 24.0 Å². The number of hydrogen-bond donors (Lipinski definition) is 2. The number of carbonyl (C=O) groups excluding carboxylic acids is 1. The lowest BCUT2D eigenvalue weighted by Crippen LogP contribution is -2.31. The van der Waals surface area contributed by atoms with E-state index in [2.05, 4.69) is 4.84 Å². The Hall–Kier alpha value is -3.29. The van der Waals surface area contributed by atoms with Gasteiger partial charge in [-0.25, -0.2) is 0 Å². The van der Waals surface area contributed by atoms with Gasteiger partial charge in [0.2, 0.25) is 0 Å². The second-order valence-electron chi connectivity index (χ2n) is 7.44. The molecule has 2 aromatic rings. The fourth-order valence-electron chi connectivity index (χ4n) is 3.05. The summed E-state index contributed by atoms with van der Waals surface area (Å²) in [5, 5.41) is 30.3. The van der Waals surface area contributed by atoms with Crippen LogP contribution in [-0.2, 0) is 19.8 Å². The third-order valence-corrected chi connectivity index (χ3v) is 4.56. The van der Waals surface area contributed by atoms with Crippen molar-refractivity contribution in [1.29, 1.82) is 0 Å². The first-order valence-electron chi connectivity index (χ1n) is 9.12. The maximum Gasteiger partial charge on any atom is 0.315 e. The van der Waals surface area contributed by atoms with Crippen molar-refractivity contribution in [2.45, 2.75) is 39.5 Å². The highest BCUT2D eigenvalue weighted by atomic mass is 16.9. The standard InChI is InChI=1S/C21H25NO7/c1-13-8-14(2)10-15(9-13)19-17(23)11-16(12-18(19)24)21(3,4)20(25)28-6-5-7-29-22(26)27/h8-12,23-24H,5-7H2,1-4H3. The van der Waals surface area contributed by atoms with E-state index in [0.717, 1.165) is 11.1 Å². The number of carbonyl (C=O) groups is 1. The molecule has 156 valence electrons. The van der Waals surface area contributed by atoms with Gasteiger partial charge in [-0.05, 0) is 51.0 Å². The van der Waals surface area contributed by atoms with Gasteiger partial charge in [0.05, 0.1) is 24.2 Å². The van der Waals surface area contributed by atoms with E-state index < -0.39 is 16.5 Å². The maximum absolute atomic E-state index is 12.5. The lowest BCUT2D eigenvalue weighted by molar-refractivity contribution is -0.757. The normalized spacial score (nSPS) is 11.2. The molecule has 2 rings (SSSR count). The van der Waals surface area contributed by atoms with Crippen molar-refractivity contribution in [1.82, 2.24) is 0 Å². The van der Waals surface area contributed by atoms with Crippen molar-refractivity contribution < 1.29 is 29.7 Å². The number of phenolic OH excluding ortho intramolecular Hbond substituents is 2.